The number of nitrogens with zero attached hydrogens (tertiary/aromatic N) is 1. The number of ether oxygens (including phenoxy) is 1. The molecule has 1 aromatic heterocycles. The third-order valence-corrected chi connectivity index (χ3v) is 5.32. The lowest BCUT2D eigenvalue weighted by Crippen LogP contribution is -2.34. The molecule has 3 rings (SSSR count). The molecule has 1 aromatic carbocycles. The van der Waals surface area contributed by atoms with E-state index in [1.54, 1.807) is 17.5 Å². The fourth-order valence-electron chi connectivity index (χ4n) is 2.94. The van der Waals surface area contributed by atoms with Gasteiger partial charge in [0, 0.05) is 36.4 Å². The Balaban J connectivity index is 1.78. The molecule has 2 amide bonds. The van der Waals surface area contributed by atoms with E-state index in [9.17, 15) is 18.4 Å². The average Bonchev–Trinajstić information content (AvgIpc) is 3.30. The molecule has 0 radical (unpaired) electrons. The predicted molar refractivity (Wildman–Crippen MR) is 108 cm³/mol. The maximum absolute atomic E-state index is 13.6. The molecule has 0 saturated heterocycles. The molecule has 2 aromatic rings. The lowest BCUT2D eigenvalue weighted by Gasteiger charge is -2.15. The lowest BCUT2D eigenvalue weighted by molar-refractivity contribution is -0.137. The van der Waals surface area contributed by atoms with Gasteiger partial charge in [-0.3, -0.25) is 14.5 Å². The first kappa shape index (κ1) is 21.1. The van der Waals surface area contributed by atoms with E-state index in [1.165, 1.54) is 22.3 Å². The number of carbonyl (C=O) groups excluding carboxylic acids is 2. The molecule has 29 heavy (non-hydrogen) atoms. The van der Waals surface area contributed by atoms with Crippen molar-refractivity contribution in [2.75, 3.05) is 25.1 Å². The molecule has 0 aliphatic carbocycles. The van der Waals surface area contributed by atoms with Crippen molar-refractivity contribution < 1.29 is 23.1 Å². The molecule has 0 spiro atoms. The zero-order valence-corrected chi connectivity index (χ0v) is 16.9. The summed E-state index contributed by atoms with van der Waals surface area (Å²) in [5, 5.41) is 4.62. The lowest BCUT2D eigenvalue weighted by atomic mass is 10.2. The summed E-state index contributed by atoms with van der Waals surface area (Å²) < 4.78 is 32.3. The third kappa shape index (κ3) is 4.89. The SMILES string of the molecule is CCCCOCCCN1C(=O)C(Nc2ccc(F)c(F)c2)=C(c2cccs2)C1=O. The third-order valence-electron chi connectivity index (χ3n) is 4.44. The normalized spacial score (nSPS) is 14.2. The van der Waals surface area contributed by atoms with E-state index in [0.29, 0.717) is 24.5 Å². The van der Waals surface area contributed by atoms with E-state index in [4.69, 9.17) is 4.74 Å². The summed E-state index contributed by atoms with van der Waals surface area (Å²) >= 11 is 1.33. The van der Waals surface area contributed by atoms with Gasteiger partial charge in [0.05, 0.1) is 5.57 Å². The Kier molecular flexibility index (Phi) is 7.11. The van der Waals surface area contributed by atoms with Gasteiger partial charge in [0.1, 0.15) is 5.70 Å². The predicted octanol–water partition coefficient (Wildman–Crippen LogP) is 4.43. The minimum absolute atomic E-state index is 0.0651. The van der Waals surface area contributed by atoms with Crippen LogP contribution < -0.4 is 5.32 Å². The van der Waals surface area contributed by atoms with Gasteiger partial charge in [-0.2, -0.15) is 0 Å². The summed E-state index contributed by atoms with van der Waals surface area (Å²) in [5.74, 6) is -2.92. The number of unbranched alkanes of at least 4 members (excludes halogenated alkanes) is 1. The number of rotatable bonds is 10. The number of thiophene rings is 1. The first-order valence-corrected chi connectivity index (χ1v) is 10.3. The molecular weight excluding hydrogens is 398 g/mol. The molecule has 1 aliphatic rings. The fourth-order valence-corrected chi connectivity index (χ4v) is 3.70. The van der Waals surface area contributed by atoms with Gasteiger partial charge in [0.15, 0.2) is 11.6 Å². The van der Waals surface area contributed by atoms with Crippen LogP contribution in [0.1, 0.15) is 31.1 Å². The zero-order chi connectivity index (χ0) is 20.8. The number of nitrogens with one attached hydrogen (secondary N) is 1. The average molecular weight is 420 g/mol. The van der Waals surface area contributed by atoms with Crippen molar-refractivity contribution in [1.82, 2.24) is 4.90 Å². The van der Waals surface area contributed by atoms with E-state index < -0.39 is 23.4 Å². The number of carbonyl (C=O) groups is 2. The van der Waals surface area contributed by atoms with Crippen molar-refractivity contribution in [2.45, 2.75) is 26.2 Å². The van der Waals surface area contributed by atoms with Gasteiger partial charge in [-0.25, -0.2) is 8.78 Å². The smallest absolute Gasteiger partial charge is 0.278 e. The highest BCUT2D eigenvalue weighted by Crippen LogP contribution is 2.33. The second-order valence-corrected chi connectivity index (χ2v) is 7.51. The van der Waals surface area contributed by atoms with Crippen LogP contribution in [0.5, 0.6) is 0 Å². The number of anilines is 1. The van der Waals surface area contributed by atoms with Gasteiger partial charge in [-0.05, 0) is 36.4 Å². The minimum Gasteiger partial charge on any atom is -0.381 e. The monoisotopic (exact) mass is 420 g/mol. The molecule has 8 heteroatoms. The quantitative estimate of drug-likeness (QED) is 0.457. The van der Waals surface area contributed by atoms with Gasteiger partial charge in [-0.1, -0.05) is 19.4 Å². The highest BCUT2D eigenvalue weighted by atomic mass is 32.1. The van der Waals surface area contributed by atoms with Crippen LogP contribution in [0.3, 0.4) is 0 Å². The van der Waals surface area contributed by atoms with Crippen molar-refractivity contribution in [3.8, 4) is 0 Å². The highest BCUT2D eigenvalue weighted by Gasteiger charge is 2.39. The Morgan fingerprint density at radius 2 is 1.86 bits per heavy atom. The summed E-state index contributed by atoms with van der Waals surface area (Å²) in [5.41, 5.74) is 0.496. The molecule has 2 heterocycles. The Hall–Kier alpha value is -2.58. The van der Waals surface area contributed by atoms with Crippen LogP contribution in [0.2, 0.25) is 0 Å². The number of hydrogen-bond acceptors (Lipinski definition) is 5. The Bertz CT molecular complexity index is 913. The summed E-state index contributed by atoms with van der Waals surface area (Å²) in [4.78, 5) is 27.7. The largest absolute Gasteiger partial charge is 0.381 e. The molecule has 0 bridgehead atoms. The van der Waals surface area contributed by atoms with Crippen LogP contribution in [-0.4, -0.2) is 36.5 Å². The van der Waals surface area contributed by atoms with Crippen LogP contribution in [-0.2, 0) is 14.3 Å². The van der Waals surface area contributed by atoms with Crippen molar-refractivity contribution in [3.63, 3.8) is 0 Å². The van der Waals surface area contributed by atoms with Crippen molar-refractivity contribution in [1.29, 1.82) is 0 Å². The Labute approximate surface area is 172 Å². The number of imide groups is 1. The first-order chi connectivity index (χ1) is 14.0. The van der Waals surface area contributed by atoms with Crippen LogP contribution in [0.15, 0.2) is 41.4 Å². The second-order valence-electron chi connectivity index (χ2n) is 6.56. The van der Waals surface area contributed by atoms with Crippen molar-refractivity contribution in [2.24, 2.45) is 0 Å². The minimum atomic E-state index is -1.04. The number of halogens is 2. The summed E-state index contributed by atoms with van der Waals surface area (Å²) in [6, 6.07) is 6.77. The zero-order valence-electron chi connectivity index (χ0n) is 16.0. The summed E-state index contributed by atoms with van der Waals surface area (Å²) in [7, 11) is 0. The molecule has 0 unspecified atom stereocenters. The van der Waals surface area contributed by atoms with Gasteiger partial charge in [0.25, 0.3) is 11.8 Å². The molecule has 5 nitrogen and oxygen atoms in total. The molecular formula is C21H22F2N2O3S. The Morgan fingerprint density at radius 3 is 2.55 bits per heavy atom. The standard InChI is InChI=1S/C21H22F2N2O3S/c1-2-3-10-28-11-5-9-25-20(26)18(17-6-4-12-29-17)19(21(25)27)24-14-7-8-15(22)16(23)13-14/h4,6-8,12-13,24H,2-3,5,9-11H2,1H3. The van der Waals surface area contributed by atoms with E-state index >= 15 is 0 Å². The van der Waals surface area contributed by atoms with Gasteiger partial charge >= 0.3 is 0 Å². The van der Waals surface area contributed by atoms with Crippen LogP contribution >= 0.6 is 11.3 Å². The second kappa shape index (κ2) is 9.76. The maximum Gasteiger partial charge on any atom is 0.278 e. The van der Waals surface area contributed by atoms with Crippen LogP contribution in [0.4, 0.5) is 14.5 Å². The van der Waals surface area contributed by atoms with Crippen LogP contribution in [0.25, 0.3) is 5.57 Å². The van der Waals surface area contributed by atoms with E-state index in [-0.39, 0.29) is 23.5 Å². The molecule has 1 N–H and O–H groups in total. The maximum atomic E-state index is 13.6. The van der Waals surface area contributed by atoms with Gasteiger partial charge in [0.2, 0.25) is 0 Å². The van der Waals surface area contributed by atoms with E-state index in [0.717, 1.165) is 25.0 Å². The number of benzene rings is 1. The molecule has 0 saturated carbocycles. The van der Waals surface area contributed by atoms with Gasteiger partial charge in [-0.15, -0.1) is 11.3 Å². The first-order valence-electron chi connectivity index (χ1n) is 9.47. The van der Waals surface area contributed by atoms with E-state index in [2.05, 4.69) is 12.2 Å². The van der Waals surface area contributed by atoms with E-state index in [1.807, 2.05) is 0 Å². The Morgan fingerprint density at radius 1 is 1.07 bits per heavy atom. The fraction of sp³-hybridized carbons (Fsp3) is 0.333. The van der Waals surface area contributed by atoms with Crippen molar-refractivity contribution >= 4 is 34.4 Å². The van der Waals surface area contributed by atoms with Crippen LogP contribution in [0, 0.1) is 11.6 Å². The van der Waals surface area contributed by atoms with Crippen molar-refractivity contribution in [3.05, 3.63) is 57.9 Å². The molecule has 1 aliphatic heterocycles. The number of hydrogen-bond donors (Lipinski definition) is 1. The summed E-state index contributed by atoms with van der Waals surface area (Å²) in [6.07, 6.45) is 2.53. The topological polar surface area (TPSA) is 58.6 Å². The number of amides is 2. The molecule has 0 atom stereocenters. The summed E-state index contributed by atoms with van der Waals surface area (Å²) in [6.45, 7) is 3.41. The highest BCUT2D eigenvalue weighted by molar-refractivity contribution is 7.11. The molecule has 154 valence electrons. The van der Waals surface area contributed by atoms with Gasteiger partial charge < -0.3 is 10.1 Å². The molecule has 0 fully saturated rings.